The molecule has 2 rings (SSSR count). The van der Waals surface area contributed by atoms with Crippen molar-refractivity contribution in [3.8, 4) is 0 Å². The Morgan fingerprint density at radius 3 is 3.06 bits per heavy atom. The normalized spacial score (nSPS) is 15.1. The average Bonchev–Trinajstić information content (AvgIpc) is 2.92. The maximum atomic E-state index is 10.7. The van der Waals surface area contributed by atoms with Crippen LogP contribution in [-0.4, -0.2) is 27.8 Å². The van der Waals surface area contributed by atoms with Gasteiger partial charge in [-0.15, -0.1) is 10.2 Å². The molecule has 1 aliphatic carbocycles. The van der Waals surface area contributed by atoms with E-state index >= 15 is 0 Å². The van der Waals surface area contributed by atoms with Crippen LogP contribution >= 0.6 is 23.1 Å². The molecule has 0 bridgehead atoms. The van der Waals surface area contributed by atoms with E-state index in [1.54, 1.807) is 30.0 Å². The summed E-state index contributed by atoms with van der Waals surface area (Å²) in [6.45, 7) is 1.63. The highest BCUT2D eigenvalue weighted by atomic mass is 32.2. The molecule has 0 spiro atoms. The van der Waals surface area contributed by atoms with Gasteiger partial charge in [0.05, 0.1) is 0 Å². The zero-order valence-corrected chi connectivity index (χ0v) is 10.9. The molecule has 1 heterocycles. The second-order valence-electron chi connectivity index (χ2n) is 3.95. The number of nitrogens with zero attached hydrogens (tertiary/aromatic N) is 2. The maximum absolute atomic E-state index is 10.7. The Hall–Kier alpha value is -0.620. The molecule has 0 aromatic carbocycles. The van der Waals surface area contributed by atoms with Crippen molar-refractivity contribution < 1.29 is 4.79 Å². The van der Waals surface area contributed by atoms with Crippen LogP contribution in [0.4, 0.5) is 5.13 Å². The molecule has 4 nitrogen and oxygen atoms in total. The number of thioether (sulfide) groups is 1. The molecule has 0 atom stereocenters. The molecule has 6 heteroatoms. The Morgan fingerprint density at radius 2 is 2.38 bits per heavy atom. The predicted molar refractivity (Wildman–Crippen MR) is 67.2 cm³/mol. The second-order valence-corrected chi connectivity index (χ2v) is 6.27. The van der Waals surface area contributed by atoms with Crippen molar-refractivity contribution in [2.75, 3.05) is 11.1 Å². The summed E-state index contributed by atoms with van der Waals surface area (Å²) in [6.07, 6.45) is 4.09. The van der Waals surface area contributed by atoms with Gasteiger partial charge in [-0.25, -0.2) is 0 Å². The molecule has 16 heavy (non-hydrogen) atoms. The molecule has 1 aliphatic rings. The van der Waals surface area contributed by atoms with E-state index in [2.05, 4.69) is 15.5 Å². The molecule has 0 unspecified atom stereocenters. The number of ketones is 1. The zero-order valence-electron chi connectivity index (χ0n) is 9.23. The summed E-state index contributed by atoms with van der Waals surface area (Å²) in [5, 5.41) is 12.4. The number of hydrogen-bond acceptors (Lipinski definition) is 6. The van der Waals surface area contributed by atoms with Crippen molar-refractivity contribution in [1.82, 2.24) is 10.2 Å². The molecule has 0 amide bonds. The van der Waals surface area contributed by atoms with Crippen LogP contribution in [-0.2, 0) is 4.79 Å². The van der Waals surface area contributed by atoms with Gasteiger partial charge in [-0.3, -0.25) is 0 Å². The van der Waals surface area contributed by atoms with Crippen LogP contribution in [0.5, 0.6) is 0 Å². The first-order valence-electron chi connectivity index (χ1n) is 5.46. The molecule has 0 saturated heterocycles. The monoisotopic (exact) mass is 257 g/mol. The van der Waals surface area contributed by atoms with Crippen molar-refractivity contribution in [3.05, 3.63) is 0 Å². The highest BCUT2D eigenvalue weighted by molar-refractivity contribution is 8.01. The highest BCUT2D eigenvalue weighted by Gasteiger charge is 2.22. The smallest absolute Gasteiger partial charge is 0.206 e. The minimum atomic E-state index is 0.258. The lowest BCUT2D eigenvalue weighted by molar-refractivity contribution is -0.117. The van der Waals surface area contributed by atoms with Crippen molar-refractivity contribution >= 4 is 34.0 Å². The maximum Gasteiger partial charge on any atom is 0.206 e. The van der Waals surface area contributed by atoms with Gasteiger partial charge >= 0.3 is 0 Å². The van der Waals surface area contributed by atoms with Crippen LogP contribution in [0.15, 0.2) is 4.34 Å². The number of nitrogens with one attached hydrogen (secondary N) is 1. The van der Waals surface area contributed by atoms with Crippen molar-refractivity contribution in [3.63, 3.8) is 0 Å². The third kappa shape index (κ3) is 4.09. The lowest BCUT2D eigenvalue weighted by Crippen LogP contribution is -1.99. The van der Waals surface area contributed by atoms with Gasteiger partial charge in [-0.1, -0.05) is 23.1 Å². The number of carbonyl (C=O) groups is 1. The van der Waals surface area contributed by atoms with E-state index in [0.717, 1.165) is 21.6 Å². The van der Waals surface area contributed by atoms with Crippen LogP contribution in [0.1, 0.15) is 32.6 Å². The van der Waals surface area contributed by atoms with Gasteiger partial charge in [0.15, 0.2) is 4.34 Å². The average molecular weight is 257 g/mol. The number of aromatic nitrogens is 2. The van der Waals surface area contributed by atoms with Crippen molar-refractivity contribution in [2.45, 2.75) is 43.0 Å². The number of rotatable bonds is 7. The number of anilines is 1. The largest absolute Gasteiger partial charge is 0.357 e. The Bertz CT molecular complexity index is 363. The van der Waals surface area contributed by atoms with Crippen LogP contribution in [0, 0.1) is 0 Å². The summed E-state index contributed by atoms with van der Waals surface area (Å²) < 4.78 is 0.992. The van der Waals surface area contributed by atoms with Gasteiger partial charge in [-0.2, -0.15) is 0 Å². The number of carbonyl (C=O) groups excluding carboxylic acids is 1. The van der Waals surface area contributed by atoms with Crippen LogP contribution in [0.25, 0.3) is 0 Å². The summed E-state index contributed by atoms with van der Waals surface area (Å²) in [5.41, 5.74) is 0. The SMILES string of the molecule is CC(=O)CCCSc1nnc(NC2CC2)s1. The van der Waals surface area contributed by atoms with E-state index in [4.69, 9.17) is 0 Å². The van der Waals surface area contributed by atoms with E-state index in [0.29, 0.717) is 12.5 Å². The van der Waals surface area contributed by atoms with Crippen LogP contribution in [0.2, 0.25) is 0 Å². The third-order valence-corrected chi connectivity index (χ3v) is 4.28. The first kappa shape index (κ1) is 11.9. The van der Waals surface area contributed by atoms with Gasteiger partial charge in [-0.05, 0) is 26.2 Å². The Kier molecular flexibility index (Phi) is 4.17. The van der Waals surface area contributed by atoms with Gasteiger partial charge < -0.3 is 10.1 Å². The second kappa shape index (κ2) is 5.63. The highest BCUT2D eigenvalue weighted by Crippen LogP contribution is 2.30. The predicted octanol–water partition coefficient (Wildman–Crippen LogP) is 2.57. The fourth-order valence-corrected chi connectivity index (χ4v) is 3.05. The Balaban J connectivity index is 1.68. The molecule has 1 fully saturated rings. The van der Waals surface area contributed by atoms with E-state index in [-0.39, 0.29) is 5.78 Å². The Morgan fingerprint density at radius 1 is 1.56 bits per heavy atom. The van der Waals surface area contributed by atoms with E-state index in [9.17, 15) is 4.79 Å². The first-order chi connectivity index (χ1) is 7.74. The first-order valence-corrected chi connectivity index (χ1v) is 7.26. The van der Waals surface area contributed by atoms with Crippen LogP contribution in [0.3, 0.4) is 0 Å². The van der Waals surface area contributed by atoms with Gasteiger partial charge in [0.25, 0.3) is 0 Å². The zero-order chi connectivity index (χ0) is 11.4. The molecule has 0 radical (unpaired) electrons. The topological polar surface area (TPSA) is 54.9 Å². The van der Waals surface area contributed by atoms with Crippen molar-refractivity contribution in [1.29, 1.82) is 0 Å². The fraction of sp³-hybridized carbons (Fsp3) is 0.700. The minimum absolute atomic E-state index is 0.258. The minimum Gasteiger partial charge on any atom is -0.357 e. The Labute approximate surface area is 103 Å². The molecule has 1 aromatic heterocycles. The summed E-state index contributed by atoms with van der Waals surface area (Å²) in [4.78, 5) is 10.7. The molecule has 1 aromatic rings. The quantitative estimate of drug-likeness (QED) is 0.601. The molecular formula is C10H15N3OS2. The number of hydrogen-bond donors (Lipinski definition) is 1. The van der Waals surface area contributed by atoms with E-state index in [1.807, 2.05) is 0 Å². The molecule has 1 N–H and O–H groups in total. The molecule has 88 valence electrons. The fourth-order valence-electron chi connectivity index (χ4n) is 1.21. The summed E-state index contributed by atoms with van der Waals surface area (Å²) in [5.74, 6) is 1.20. The standard InChI is InChI=1S/C10H15N3OS2/c1-7(14)3-2-6-15-10-13-12-9(16-10)11-8-4-5-8/h8H,2-6H2,1H3,(H,11,12). The van der Waals surface area contributed by atoms with Gasteiger partial charge in [0.1, 0.15) is 5.78 Å². The van der Waals surface area contributed by atoms with Gasteiger partial charge in [0, 0.05) is 18.2 Å². The summed E-state index contributed by atoms with van der Waals surface area (Å²) >= 11 is 3.29. The van der Waals surface area contributed by atoms with Crippen LogP contribution < -0.4 is 5.32 Å². The molecule has 1 saturated carbocycles. The number of Topliss-reactive ketones (excluding diaryl/α,β-unsaturated/α-hetero) is 1. The summed E-state index contributed by atoms with van der Waals surface area (Å²) in [6, 6.07) is 0.628. The summed E-state index contributed by atoms with van der Waals surface area (Å²) in [7, 11) is 0. The van der Waals surface area contributed by atoms with Gasteiger partial charge in [0.2, 0.25) is 5.13 Å². The molecular weight excluding hydrogens is 242 g/mol. The van der Waals surface area contributed by atoms with E-state index in [1.165, 1.54) is 12.8 Å². The molecule has 0 aliphatic heterocycles. The van der Waals surface area contributed by atoms with E-state index < -0.39 is 0 Å². The third-order valence-electron chi connectivity index (χ3n) is 2.21. The van der Waals surface area contributed by atoms with Crippen molar-refractivity contribution in [2.24, 2.45) is 0 Å². The lowest BCUT2D eigenvalue weighted by Gasteiger charge is -1.95. The lowest BCUT2D eigenvalue weighted by atomic mass is 10.3.